The van der Waals surface area contributed by atoms with E-state index in [1.54, 1.807) is 26.1 Å². The minimum Gasteiger partial charge on any atom is -0.355 e. The van der Waals surface area contributed by atoms with Crippen LogP contribution in [0.3, 0.4) is 0 Å². The van der Waals surface area contributed by atoms with Crippen LogP contribution in [0.4, 0.5) is 0 Å². The van der Waals surface area contributed by atoms with Gasteiger partial charge in [-0.2, -0.15) is 0 Å². The van der Waals surface area contributed by atoms with Crippen molar-refractivity contribution in [1.29, 1.82) is 0 Å². The molecule has 1 atom stereocenters. The highest BCUT2D eigenvalue weighted by Gasteiger charge is 2.16. The molecule has 1 aromatic rings. The van der Waals surface area contributed by atoms with Crippen molar-refractivity contribution in [2.75, 3.05) is 27.2 Å². The molecule has 0 fully saturated rings. The molecule has 0 aromatic heterocycles. The van der Waals surface area contributed by atoms with E-state index >= 15 is 0 Å². The van der Waals surface area contributed by atoms with Crippen molar-refractivity contribution in [2.24, 2.45) is 0 Å². The second-order valence-corrected chi connectivity index (χ2v) is 6.03. The maximum atomic E-state index is 12.0. The van der Waals surface area contributed by atoms with Gasteiger partial charge in [-0.3, -0.25) is 19.3 Å². The van der Waals surface area contributed by atoms with Crippen LogP contribution in [-0.2, 0) is 16.1 Å². The van der Waals surface area contributed by atoms with Crippen LogP contribution in [0.1, 0.15) is 36.2 Å². The molecule has 0 unspecified atom stereocenters. The van der Waals surface area contributed by atoms with E-state index in [-0.39, 0.29) is 24.3 Å². The predicted octanol–water partition coefficient (Wildman–Crippen LogP) is 0.509. The Kier molecular flexibility index (Phi) is 8.63. The van der Waals surface area contributed by atoms with Gasteiger partial charge in [0.15, 0.2) is 0 Å². The fourth-order valence-corrected chi connectivity index (χ4v) is 2.27. The second kappa shape index (κ2) is 10.5. The van der Waals surface area contributed by atoms with E-state index in [0.717, 1.165) is 12.0 Å². The van der Waals surface area contributed by atoms with Crippen molar-refractivity contribution in [3.05, 3.63) is 35.4 Å². The summed E-state index contributed by atoms with van der Waals surface area (Å²) in [4.78, 5) is 37.1. The lowest BCUT2D eigenvalue weighted by molar-refractivity contribution is -0.129. The Morgan fingerprint density at radius 3 is 2.36 bits per heavy atom. The molecule has 1 aromatic carbocycles. The van der Waals surface area contributed by atoms with Crippen LogP contribution in [-0.4, -0.2) is 55.8 Å². The summed E-state index contributed by atoms with van der Waals surface area (Å²) in [6.07, 6.45) is 0.855. The topological polar surface area (TPSA) is 90.5 Å². The van der Waals surface area contributed by atoms with Gasteiger partial charge in [0, 0.05) is 25.7 Å². The molecular weight excluding hydrogens is 320 g/mol. The highest BCUT2D eigenvalue weighted by molar-refractivity contribution is 5.94. The molecule has 0 bridgehead atoms. The van der Waals surface area contributed by atoms with E-state index in [1.807, 2.05) is 31.0 Å². The molecule has 3 N–H and O–H groups in total. The molecule has 7 nitrogen and oxygen atoms in total. The first kappa shape index (κ1) is 20.6. The SMILES string of the molecule is CCCNC(=O)[C@@H](C)NC(=O)CN(C)Cc1ccc(C(=O)NC)cc1. The Hall–Kier alpha value is -2.41. The molecule has 0 aliphatic heterocycles. The maximum Gasteiger partial charge on any atom is 0.251 e. The lowest BCUT2D eigenvalue weighted by Gasteiger charge is -2.19. The predicted molar refractivity (Wildman–Crippen MR) is 97.1 cm³/mol. The average molecular weight is 348 g/mol. The zero-order chi connectivity index (χ0) is 18.8. The normalized spacial score (nSPS) is 11.7. The molecule has 7 heteroatoms. The third kappa shape index (κ3) is 7.34. The first-order valence-electron chi connectivity index (χ1n) is 8.44. The van der Waals surface area contributed by atoms with E-state index in [9.17, 15) is 14.4 Å². The molecule has 0 spiro atoms. The van der Waals surface area contributed by atoms with Crippen molar-refractivity contribution in [1.82, 2.24) is 20.9 Å². The second-order valence-electron chi connectivity index (χ2n) is 6.03. The van der Waals surface area contributed by atoms with Gasteiger partial charge in [0.2, 0.25) is 11.8 Å². The molecule has 0 saturated heterocycles. The number of likely N-dealkylation sites (N-methyl/N-ethyl adjacent to an activating group) is 1. The molecule has 0 aliphatic carbocycles. The molecule has 138 valence electrons. The Labute approximate surface area is 149 Å². The molecule has 0 aliphatic rings. The maximum absolute atomic E-state index is 12.0. The summed E-state index contributed by atoms with van der Waals surface area (Å²) in [5.74, 6) is -0.513. The van der Waals surface area contributed by atoms with Crippen LogP contribution >= 0.6 is 0 Å². The van der Waals surface area contributed by atoms with Gasteiger partial charge in [-0.05, 0) is 38.1 Å². The summed E-state index contributed by atoms with van der Waals surface area (Å²) in [7, 11) is 3.42. The van der Waals surface area contributed by atoms with Crippen molar-refractivity contribution < 1.29 is 14.4 Å². The number of carbonyl (C=O) groups is 3. The third-order valence-electron chi connectivity index (χ3n) is 3.63. The van der Waals surface area contributed by atoms with E-state index in [0.29, 0.717) is 18.7 Å². The summed E-state index contributed by atoms with van der Waals surface area (Å²) in [6.45, 7) is 4.99. The first-order chi connectivity index (χ1) is 11.9. The smallest absolute Gasteiger partial charge is 0.251 e. The number of nitrogens with zero attached hydrogens (tertiary/aromatic N) is 1. The number of hydrogen-bond acceptors (Lipinski definition) is 4. The van der Waals surface area contributed by atoms with Crippen molar-refractivity contribution in [3.63, 3.8) is 0 Å². The highest BCUT2D eigenvalue weighted by atomic mass is 16.2. The fraction of sp³-hybridized carbons (Fsp3) is 0.500. The van der Waals surface area contributed by atoms with Crippen LogP contribution in [0.5, 0.6) is 0 Å². The minimum atomic E-state index is -0.556. The average Bonchev–Trinajstić information content (AvgIpc) is 2.59. The number of amides is 3. The zero-order valence-corrected chi connectivity index (χ0v) is 15.4. The number of hydrogen-bond donors (Lipinski definition) is 3. The summed E-state index contributed by atoms with van der Waals surface area (Å²) < 4.78 is 0. The minimum absolute atomic E-state index is 0.130. The lowest BCUT2D eigenvalue weighted by Crippen LogP contribution is -2.47. The van der Waals surface area contributed by atoms with Gasteiger partial charge in [0.05, 0.1) is 6.54 Å². The lowest BCUT2D eigenvalue weighted by atomic mass is 10.1. The van der Waals surface area contributed by atoms with Gasteiger partial charge in [0.1, 0.15) is 6.04 Å². The number of nitrogens with one attached hydrogen (secondary N) is 3. The van der Waals surface area contributed by atoms with Crippen molar-refractivity contribution >= 4 is 17.7 Å². The van der Waals surface area contributed by atoms with E-state index in [4.69, 9.17) is 0 Å². The number of rotatable bonds is 9. The molecule has 25 heavy (non-hydrogen) atoms. The third-order valence-corrected chi connectivity index (χ3v) is 3.63. The van der Waals surface area contributed by atoms with Gasteiger partial charge < -0.3 is 16.0 Å². The van der Waals surface area contributed by atoms with E-state index in [2.05, 4.69) is 16.0 Å². The Morgan fingerprint density at radius 1 is 1.16 bits per heavy atom. The molecule has 0 radical (unpaired) electrons. The largest absolute Gasteiger partial charge is 0.355 e. The molecular formula is C18H28N4O3. The van der Waals surface area contributed by atoms with Gasteiger partial charge in [0.25, 0.3) is 5.91 Å². The first-order valence-corrected chi connectivity index (χ1v) is 8.44. The fourth-order valence-electron chi connectivity index (χ4n) is 2.27. The van der Waals surface area contributed by atoms with Gasteiger partial charge in [-0.15, -0.1) is 0 Å². The van der Waals surface area contributed by atoms with Crippen LogP contribution < -0.4 is 16.0 Å². The Balaban J connectivity index is 2.45. The quantitative estimate of drug-likeness (QED) is 0.606. The zero-order valence-electron chi connectivity index (χ0n) is 15.4. The van der Waals surface area contributed by atoms with Crippen molar-refractivity contribution in [2.45, 2.75) is 32.9 Å². The summed E-state index contributed by atoms with van der Waals surface area (Å²) >= 11 is 0. The summed E-state index contributed by atoms with van der Waals surface area (Å²) in [6, 6.07) is 6.67. The molecule has 0 heterocycles. The van der Waals surface area contributed by atoms with E-state index < -0.39 is 6.04 Å². The molecule has 0 saturated carbocycles. The monoisotopic (exact) mass is 348 g/mol. The van der Waals surface area contributed by atoms with Crippen LogP contribution in [0.2, 0.25) is 0 Å². The van der Waals surface area contributed by atoms with Crippen LogP contribution in [0.25, 0.3) is 0 Å². The van der Waals surface area contributed by atoms with Gasteiger partial charge >= 0.3 is 0 Å². The molecule has 1 rings (SSSR count). The number of carbonyl (C=O) groups excluding carboxylic acids is 3. The molecule has 3 amide bonds. The summed E-state index contributed by atoms with van der Waals surface area (Å²) in [5, 5.41) is 8.01. The van der Waals surface area contributed by atoms with Gasteiger partial charge in [-0.25, -0.2) is 0 Å². The number of benzene rings is 1. The standard InChI is InChI=1S/C18H28N4O3/c1-5-10-20-17(24)13(2)21-16(23)12-22(4)11-14-6-8-15(9-7-14)18(25)19-3/h6-9,13H,5,10-12H2,1-4H3,(H,19,25)(H,20,24)(H,21,23)/t13-/m1/s1. The van der Waals surface area contributed by atoms with Crippen LogP contribution in [0, 0.1) is 0 Å². The van der Waals surface area contributed by atoms with E-state index in [1.165, 1.54) is 0 Å². The van der Waals surface area contributed by atoms with Crippen LogP contribution in [0.15, 0.2) is 24.3 Å². The van der Waals surface area contributed by atoms with Gasteiger partial charge in [-0.1, -0.05) is 19.1 Å². The summed E-state index contributed by atoms with van der Waals surface area (Å²) in [5.41, 5.74) is 1.59. The Morgan fingerprint density at radius 2 is 1.80 bits per heavy atom. The van der Waals surface area contributed by atoms with Crippen molar-refractivity contribution in [3.8, 4) is 0 Å². The Bertz CT molecular complexity index is 586. The highest BCUT2D eigenvalue weighted by Crippen LogP contribution is 2.06.